The summed E-state index contributed by atoms with van der Waals surface area (Å²) in [5.41, 5.74) is 2.93. The van der Waals surface area contributed by atoms with Gasteiger partial charge in [-0.25, -0.2) is 4.98 Å². The second-order valence-corrected chi connectivity index (χ2v) is 6.65. The average molecular weight is 357 g/mol. The van der Waals surface area contributed by atoms with Crippen molar-refractivity contribution >= 4 is 28.8 Å². The molecule has 0 aliphatic heterocycles. The van der Waals surface area contributed by atoms with E-state index in [9.17, 15) is 4.79 Å². The number of hydrogen-bond acceptors (Lipinski definition) is 3. The lowest BCUT2D eigenvalue weighted by molar-refractivity contribution is -0.120. The highest BCUT2D eigenvalue weighted by Gasteiger charge is 2.08. The number of hydrogen-bond donors (Lipinski definition) is 1. The maximum atomic E-state index is 11.9. The van der Waals surface area contributed by atoms with E-state index in [4.69, 9.17) is 11.6 Å². The van der Waals surface area contributed by atoms with Crippen LogP contribution in [-0.4, -0.2) is 17.4 Å². The molecular weight excluding hydrogens is 340 g/mol. The van der Waals surface area contributed by atoms with Crippen LogP contribution in [0.25, 0.3) is 10.6 Å². The Labute approximate surface area is 150 Å². The van der Waals surface area contributed by atoms with Crippen LogP contribution in [0, 0.1) is 0 Å². The summed E-state index contributed by atoms with van der Waals surface area (Å²) < 4.78 is 0. The third-order valence-electron chi connectivity index (χ3n) is 3.57. The molecule has 0 unspecified atom stereocenters. The second-order valence-electron chi connectivity index (χ2n) is 5.39. The Morgan fingerprint density at radius 3 is 2.62 bits per heavy atom. The van der Waals surface area contributed by atoms with Gasteiger partial charge in [0.05, 0.1) is 17.1 Å². The zero-order chi connectivity index (χ0) is 16.8. The van der Waals surface area contributed by atoms with Gasteiger partial charge in [0.2, 0.25) is 5.91 Å². The molecule has 122 valence electrons. The maximum absolute atomic E-state index is 11.9. The minimum atomic E-state index is 0.0303. The molecule has 2 aromatic carbocycles. The largest absolute Gasteiger partial charge is 0.355 e. The van der Waals surface area contributed by atoms with Gasteiger partial charge < -0.3 is 5.32 Å². The van der Waals surface area contributed by atoms with Gasteiger partial charge in [0, 0.05) is 23.9 Å². The molecule has 0 spiro atoms. The Morgan fingerprint density at radius 1 is 1.08 bits per heavy atom. The van der Waals surface area contributed by atoms with Crippen molar-refractivity contribution in [2.45, 2.75) is 12.8 Å². The Bertz CT molecular complexity index is 817. The van der Waals surface area contributed by atoms with Gasteiger partial charge >= 0.3 is 0 Å². The Hall–Kier alpha value is -2.17. The number of carbonyl (C=O) groups excluding carboxylic acids is 1. The molecule has 1 heterocycles. The van der Waals surface area contributed by atoms with Crippen molar-refractivity contribution in [2.75, 3.05) is 6.54 Å². The summed E-state index contributed by atoms with van der Waals surface area (Å²) in [5, 5.41) is 6.57. The number of nitrogens with one attached hydrogen (secondary N) is 1. The molecule has 0 saturated carbocycles. The molecule has 1 N–H and O–H groups in total. The van der Waals surface area contributed by atoms with Crippen LogP contribution >= 0.6 is 22.9 Å². The summed E-state index contributed by atoms with van der Waals surface area (Å²) in [7, 11) is 0. The maximum Gasteiger partial charge on any atom is 0.224 e. The topological polar surface area (TPSA) is 42.0 Å². The average Bonchev–Trinajstić information content (AvgIpc) is 3.05. The van der Waals surface area contributed by atoms with Crippen LogP contribution in [0.5, 0.6) is 0 Å². The number of thiazole rings is 1. The van der Waals surface area contributed by atoms with Crippen LogP contribution < -0.4 is 5.32 Å². The zero-order valence-corrected chi connectivity index (χ0v) is 14.6. The summed E-state index contributed by atoms with van der Waals surface area (Å²) in [6.07, 6.45) is 1.12. The lowest BCUT2D eigenvalue weighted by Crippen LogP contribution is -2.27. The molecule has 0 atom stereocenters. The van der Waals surface area contributed by atoms with E-state index in [1.807, 2.05) is 60.0 Å². The number of halogens is 1. The van der Waals surface area contributed by atoms with Gasteiger partial charge in [0.25, 0.3) is 0 Å². The minimum absolute atomic E-state index is 0.0303. The molecule has 5 heteroatoms. The first-order valence-corrected chi connectivity index (χ1v) is 8.98. The lowest BCUT2D eigenvalue weighted by atomic mass is 10.1. The van der Waals surface area contributed by atoms with E-state index in [0.717, 1.165) is 21.8 Å². The predicted molar refractivity (Wildman–Crippen MR) is 99.4 cm³/mol. The molecule has 0 saturated heterocycles. The lowest BCUT2D eigenvalue weighted by Gasteiger charge is -2.04. The van der Waals surface area contributed by atoms with E-state index in [1.165, 1.54) is 0 Å². The van der Waals surface area contributed by atoms with Crippen molar-refractivity contribution < 1.29 is 4.79 Å². The van der Waals surface area contributed by atoms with Crippen LogP contribution in [0.1, 0.15) is 11.3 Å². The monoisotopic (exact) mass is 356 g/mol. The van der Waals surface area contributed by atoms with Crippen LogP contribution in [0.4, 0.5) is 0 Å². The molecule has 0 radical (unpaired) electrons. The molecule has 0 aliphatic rings. The summed E-state index contributed by atoms with van der Waals surface area (Å²) in [6.45, 7) is 0.581. The fourth-order valence-corrected chi connectivity index (χ4v) is 3.53. The number of carbonyl (C=O) groups is 1. The van der Waals surface area contributed by atoms with Crippen molar-refractivity contribution in [3.8, 4) is 10.6 Å². The molecule has 3 aromatic rings. The van der Waals surface area contributed by atoms with Gasteiger partial charge in [-0.2, -0.15) is 0 Å². The normalized spacial score (nSPS) is 10.5. The van der Waals surface area contributed by atoms with Crippen LogP contribution in [0.3, 0.4) is 0 Å². The Balaban J connectivity index is 1.51. The molecule has 0 bridgehead atoms. The summed E-state index contributed by atoms with van der Waals surface area (Å²) in [6, 6.07) is 17.4. The first-order chi connectivity index (χ1) is 11.7. The fourth-order valence-electron chi connectivity index (χ4n) is 2.35. The number of nitrogens with zero attached hydrogens (tertiary/aromatic N) is 1. The number of benzene rings is 2. The zero-order valence-electron chi connectivity index (χ0n) is 13.0. The van der Waals surface area contributed by atoms with Gasteiger partial charge in [-0.15, -0.1) is 11.3 Å². The number of amides is 1. The molecule has 3 nitrogen and oxygen atoms in total. The van der Waals surface area contributed by atoms with Crippen LogP contribution in [0.2, 0.25) is 5.02 Å². The molecule has 3 rings (SSSR count). The Kier molecular flexibility index (Phi) is 5.62. The third kappa shape index (κ3) is 4.43. The van der Waals surface area contributed by atoms with Crippen LogP contribution in [0.15, 0.2) is 60.0 Å². The van der Waals surface area contributed by atoms with E-state index in [0.29, 0.717) is 24.4 Å². The molecule has 24 heavy (non-hydrogen) atoms. The van der Waals surface area contributed by atoms with Gasteiger partial charge in [-0.05, 0) is 11.6 Å². The summed E-state index contributed by atoms with van der Waals surface area (Å²) in [5.74, 6) is 0.0303. The van der Waals surface area contributed by atoms with Crippen molar-refractivity contribution in [3.05, 3.63) is 76.3 Å². The standard InChI is InChI=1S/C19H17ClN2OS/c20-17-9-5-4-8-16(17)19-22-15(13-24-19)10-11-21-18(23)12-14-6-2-1-3-7-14/h1-9,13H,10-12H2,(H,21,23). The second kappa shape index (κ2) is 8.08. The first-order valence-electron chi connectivity index (χ1n) is 7.72. The van der Waals surface area contributed by atoms with Crippen molar-refractivity contribution in [1.82, 2.24) is 10.3 Å². The van der Waals surface area contributed by atoms with Gasteiger partial charge in [-0.1, -0.05) is 60.1 Å². The minimum Gasteiger partial charge on any atom is -0.355 e. The summed E-state index contributed by atoms with van der Waals surface area (Å²) in [4.78, 5) is 16.5. The quantitative estimate of drug-likeness (QED) is 0.712. The van der Waals surface area contributed by atoms with Gasteiger partial charge in [-0.3, -0.25) is 4.79 Å². The van der Waals surface area contributed by atoms with E-state index < -0.39 is 0 Å². The highest BCUT2D eigenvalue weighted by molar-refractivity contribution is 7.13. The number of aromatic nitrogens is 1. The number of rotatable bonds is 6. The Morgan fingerprint density at radius 2 is 1.83 bits per heavy atom. The van der Waals surface area contributed by atoms with E-state index in [-0.39, 0.29) is 5.91 Å². The van der Waals surface area contributed by atoms with E-state index >= 15 is 0 Å². The van der Waals surface area contributed by atoms with Crippen molar-refractivity contribution in [3.63, 3.8) is 0 Å². The highest BCUT2D eigenvalue weighted by atomic mass is 35.5. The van der Waals surface area contributed by atoms with E-state index in [2.05, 4.69) is 10.3 Å². The smallest absolute Gasteiger partial charge is 0.224 e. The molecule has 0 fully saturated rings. The van der Waals surface area contributed by atoms with Crippen LogP contribution in [-0.2, 0) is 17.6 Å². The molecule has 0 aliphatic carbocycles. The van der Waals surface area contributed by atoms with Gasteiger partial charge in [0.1, 0.15) is 5.01 Å². The predicted octanol–water partition coefficient (Wildman–Crippen LogP) is 4.36. The van der Waals surface area contributed by atoms with Crippen molar-refractivity contribution in [2.24, 2.45) is 0 Å². The fraction of sp³-hybridized carbons (Fsp3) is 0.158. The first kappa shape index (κ1) is 16.7. The van der Waals surface area contributed by atoms with E-state index in [1.54, 1.807) is 11.3 Å². The highest BCUT2D eigenvalue weighted by Crippen LogP contribution is 2.30. The summed E-state index contributed by atoms with van der Waals surface area (Å²) >= 11 is 7.77. The molecular formula is C19H17ClN2OS. The van der Waals surface area contributed by atoms with Crippen molar-refractivity contribution in [1.29, 1.82) is 0 Å². The van der Waals surface area contributed by atoms with Gasteiger partial charge in [0.15, 0.2) is 0 Å². The molecule has 1 amide bonds. The third-order valence-corrected chi connectivity index (χ3v) is 4.82. The SMILES string of the molecule is O=C(Cc1ccccc1)NCCc1csc(-c2ccccc2Cl)n1. The molecule has 1 aromatic heterocycles.